The summed E-state index contributed by atoms with van der Waals surface area (Å²) in [4.78, 5) is 23.6. The normalized spacial score (nSPS) is 11.7. The molecule has 1 atom stereocenters. The van der Waals surface area contributed by atoms with Gasteiger partial charge in [-0.05, 0) is 60.1 Å². The zero-order chi connectivity index (χ0) is 17.0. The van der Waals surface area contributed by atoms with Gasteiger partial charge in [-0.2, -0.15) is 0 Å². The zero-order valence-electron chi connectivity index (χ0n) is 12.6. The summed E-state index contributed by atoms with van der Waals surface area (Å²) in [5.74, 6) is 0.155. The van der Waals surface area contributed by atoms with E-state index < -0.39 is 6.10 Å². The molecular formula is C17H15Br2NO3. The minimum atomic E-state index is -0.701. The summed E-state index contributed by atoms with van der Waals surface area (Å²) in [6.45, 7) is 3.14. The van der Waals surface area contributed by atoms with Gasteiger partial charge in [0.05, 0.1) is 5.69 Å². The Hall–Kier alpha value is -1.66. The molecule has 2 aromatic rings. The molecule has 0 aromatic heterocycles. The highest BCUT2D eigenvalue weighted by Crippen LogP contribution is 2.26. The van der Waals surface area contributed by atoms with Crippen LogP contribution in [0.5, 0.6) is 5.75 Å². The minimum absolute atomic E-state index is 0.0497. The Labute approximate surface area is 151 Å². The number of nitrogens with one attached hydrogen (secondary N) is 1. The number of halogens is 2. The molecule has 4 nitrogen and oxygen atoms in total. The minimum Gasteiger partial charge on any atom is -0.481 e. The van der Waals surface area contributed by atoms with Gasteiger partial charge in [0, 0.05) is 14.5 Å². The average molecular weight is 441 g/mol. The summed E-state index contributed by atoms with van der Waals surface area (Å²) in [5.41, 5.74) is 1.21. The van der Waals surface area contributed by atoms with E-state index in [0.717, 1.165) is 8.95 Å². The molecule has 0 saturated carbocycles. The van der Waals surface area contributed by atoms with Crippen LogP contribution in [0.2, 0.25) is 0 Å². The third-order valence-electron chi connectivity index (χ3n) is 3.11. The maximum atomic E-state index is 12.2. The Balaban J connectivity index is 2.05. The topological polar surface area (TPSA) is 55.4 Å². The van der Waals surface area contributed by atoms with Crippen molar-refractivity contribution in [1.82, 2.24) is 0 Å². The van der Waals surface area contributed by atoms with Crippen LogP contribution in [0.25, 0.3) is 0 Å². The molecule has 120 valence electrons. The third-order valence-corrected chi connectivity index (χ3v) is 4.26. The van der Waals surface area contributed by atoms with Crippen LogP contribution in [-0.2, 0) is 4.79 Å². The first-order valence-electron chi connectivity index (χ1n) is 6.90. The molecule has 0 aliphatic heterocycles. The Bertz CT molecular complexity index is 746. The molecule has 1 amide bonds. The fraction of sp³-hybridized carbons (Fsp3) is 0.176. The van der Waals surface area contributed by atoms with E-state index in [9.17, 15) is 9.59 Å². The van der Waals surface area contributed by atoms with Crippen LogP contribution in [0, 0.1) is 0 Å². The van der Waals surface area contributed by atoms with Crippen molar-refractivity contribution in [3.8, 4) is 5.75 Å². The fourth-order valence-electron chi connectivity index (χ4n) is 1.87. The number of ketones is 1. The lowest BCUT2D eigenvalue weighted by Crippen LogP contribution is -2.30. The second-order valence-corrected chi connectivity index (χ2v) is 6.73. The first-order chi connectivity index (χ1) is 10.9. The monoisotopic (exact) mass is 439 g/mol. The van der Waals surface area contributed by atoms with Crippen molar-refractivity contribution >= 4 is 49.2 Å². The van der Waals surface area contributed by atoms with Crippen LogP contribution in [0.15, 0.2) is 51.4 Å². The molecule has 0 bridgehead atoms. The van der Waals surface area contributed by atoms with E-state index in [1.54, 1.807) is 37.3 Å². The van der Waals surface area contributed by atoms with Crippen LogP contribution in [0.4, 0.5) is 5.69 Å². The van der Waals surface area contributed by atoms with Crippen LogP contribution in [0.3, 0.4) is 0 Å². The second kappa shape index (κ2) is 7.75. The van der Waals surface area contributed by atoms with Crippen LogP contribution >= 0.6 is 31.9 Å². The van der Waals surface area contributed by atoms with Crippen LogP contribution in [-0.4, -0.2) is 17.8 Å². The number of Topliss-reactive ketones (excluding diaryl/α,β-unsaturated/α-hetero) is 1. The van der Waals surface area contributed by atoms with Crippen molar-refractivity contribution in [1.29, 1.82) is 0 Å². The molecule has 2 rings (SSSR count). The van der Waals surface area contributed by atoms with E-state index in [-0.39, 0.29) is 11.7 Å². The number of carbonyl (C=O) groups excluding carboxylic acids is 2. The molecule has 0 spiro atoms. The quantitative estimate of drug-likeness (QED) is 0.678. The predicted molar refractivity (Wildman–Crippen MR) is 97.0 cm³/mol. The van der Waals surface area contributed by atoms with Crippen molar-refractivity contribution < 1.29 is 14.3 Å². The highest BCUT2D eigenvalue weighted by atomic mass is 79.9. The summed E-state index contributed by atoms with van der Waals surface area (Å²) < 4.78 is 7.29. The number of hydrogen-bond donors (Lipinski definition) is 1. The number of amides is 1. The number of carbonyl (C=O) groups is 2. The highest BCUT2D eigenvalue weighted by Gasteiger charge is 2.16. The number of ether oxygens (including phenoxy) is 1. The van der Waals surface area contributed by atoms with E-state index in [1.807, 2.05) is 12.1 Å². The average Bonchev–Trinajstić information content (AvgIpc) is 2.50. The Kier molecular flexibility index (Phi) is 5.96. The van der Waals surface area contributed by atoms with Gasteiger partial charge in [0.15, 0.2) is 11.9 Å². The molecule has 1 unspecified atom stereocenters. The summed E-state index contributed by atoms with van der Waals surface area (Å²) in [5, 5.41) is 2.80. The van der Waals surface area contributed by atoms with Gasteiger partial charge in [-0.25, -0.2) is 0 Å². The molecule has 0 saturated heterocycles. The van der Waals surface area contributed by atoms with Crippen molar-refractivity contribution in [2.75, 3.05) is 5.32 Å². The van der Waals surface area contributed by atoms with E-state index in [0.29, 0.717) is 17.0 Å². The van der Waals surface area contributed by atoms with E-state index >= 15 is 0 Å². The van der Waals surface area contributed by atoms with Gasteiger partial charge in [-0.3, -0.25) is 9.59 Å². The van der Waals surface area contributed by atoms with Crippen molar-refractivity contribution in [3.63, 3.8) is 0 Å². The van der Waals surface area contributed by atoms with Crippen molar-refractivity contribution in [2.24, 2.45) is 0 Å². The fourth-order valence-corrected chi connectivity index (χ4v) is 3.02. The van der Waals surface area contributed by atoms with Gasteiger partial charge in [-0.15, -0.1) is 0 Å². The van der Waals surface area contributed by atoms with E-state index in [2.05, 4.69) is 37.2 Å². The first-order valence-corrected chi connectivity index (χ1v) is 8.49. The molecule has 6 heteroatoms. The summed E-state index contributed by atoms with van der Waals surface area (Å²) in [6.07, 6.45) is -0.701. The molecule has 0 heterocycles. The van der Waals surface area contributed by atoms with Gasteiger partial charge >= 0.3 is 0 Å². The van der Waals surface area contributed by atoms with Gasteiger partial charge in [0.1, 0.15) is 5.75 Å². The Morgan fingerprint density at radius 3 is 2.52 bits per heavy atom. The lowest BCUT2D eigenvalue weighted by atomic mass is 10.1. The summed E-state index contributed by atoms with van der Waals surface area (Å²) in [6, 6.07) is 12.2. The molecule has 2 aromatic carbocycles. The molecular weight excluding hydrogens is 426 g/mol. The van der Waals surface area contributed by atoms with Crippen molar-refractivity contribution in [3.05, 3.63) is 57.0 Å². The molecule has 0 aliphatic rings. The van der Waals surface area contributed by atoms with Crippen molar-refractivity contribution in [2.45, 2.75) is 20.0 Å². The van der Waals surface area contributed by atoms with Gasteiger partial charge in [-0.1, -0.05) is 28.1 Å². The zero-order valence-corrected chi connectivity index (χ0v) is 15.8. The van der Waals surface area contributed by atoms with E-state index in [4.69, 9.17) is 4.74 Å². The maximum Gasteiger partial charge on any atom is 0.265 e. The van der Waals surface area contributed by atoms with Crippen LogP contribution in [0.1, 0.15) is 24.2 Å². The molecule has 0 radical (unpaired) electrons. The number of benzene rings is 2. The lowest BCUT2D eigenvalue weighted by Gasteiger charge is -2.16. The molecule has 0 aliphatic carbocycles. The summed E-state index contributed by atoms with van der Waals surface area (Å²) >= 11 is 6.75. The second-order valence-electron chi connectivity index (χ2n) is 4.96. The maximum absolute atomic E-state index is 12.2. The predicted octanol–water partition coefficient (Wildman–Crippen LogP) is 4.82. The Morgan fingerprint density at radius 2 is 1.87 bits per heavy atom. The van der Waals surface area contributed by atoms with Gasteiger partial charge in [0.2, 0.25) is 0 Å². The van der Waals surface area contributed by atoms with Gasteiger partial charge < -0.3 is 10.1 Å². The third kappa shape index (κ3) is 4.91. The SMILES string of the molecule is CC(=O)c1cccc(OC(C)C(=O)Nc2ccc(Br)cc2Br)c1. The first kappa shape index (κ1) is 17.7. The molecule has 1 N–H and O–H groups in total. The number of anilines is 1. The molecule has 23 heavy (non-hydrogen) atoms. The largest absolute Gasteiger partial charge is 0.481 e. The smallest absolute Gasteiger partial charge is 0.265 e. The van der Waals surface area contributed by atoms with E-state index in [1.165, 1.54) is 6.92 Å². The van der Waals surface area contributed by atoms with Crippen LogP contribution < -0.4 is 10.1 Å². The lowest BCUT2D eigenvalue weighted by molar-refractivity contribution is -0.122. The summed E-state index contributed by atoms with van der Waals surface area (Å²) in [7, 11) is 0. The number of rotatable bonds is 5. The van der Waals surface area contributed by atoms with Gasteiger partial charge in [0.25, 0.3) is 5.91 Å². The highest BCUT2D eigenvalue weighted by molar-refractivity contribution is 9.11. The standard InChI is InChI=1S/C17H15Br2NO3/c1-10(21)12-4-3-5-14(8-12)23-11(2)17(22)20-16-7-6-13(18)9-15(16)19/h3-9,11H,1-2H3,(H,20,22). The number of hydrogen-bond acceptors (Lipinski definition) is 3. The molecule has 0 fully saturated rings. The Morgan fingerprint density at radius 1 is 1.13 bits per heavy atom.